The summed E-state index contributed by atoms with van der Waals surface area (Å²) in [5, 5.41) is 16.2. The average molecular weight is 326 g/mol. The number of carboxylic acid groups (broad SMARTS) is 1. The molecule has 9 nitrogen and oxygen atoms in total. The minimum absolute atomic E-state index is 0.155. The molecule has 0 amide bonds. The lowest BCUT2D eigenvalue weighted by molar-refractivity contribution is 0.0691. The van der Waals surface area contributed by atoms with Crippen molar-refractivity contribution >= 4 is 21.8 Å². The number of nitrogens with zero attached hydrogens (tertiary/aromatic N) is 3. The van der Waals surface area contributed by atoms with Gasteiger partial charge in [-0.15, -0.1) is 5.10 Å². The van der Waals surface area contributed by atoms with E-state index in [1.54, 1.807) is 31.4 Å². The van der Waals surface area contributed by atoms with Gasteiger partial charge in [0.2, 0.25) is 15.7 Å². The van der Waals surface area contributed by atoms with Gasteiger partial charge in [-0.3, -0.25) is 4.72 Å². The van der Waals surface area contributed by atoms with Crippen LogP contribution in [0, 0.1) is 0 Å². The van der Waals surface area contributed by atoms with Crippen molar-refractivity contribution in [3.8, 4) is 5.75 Å². The Labute approximate surface area is 126 Å². The van der Waals surface area contributed by atoms with Crippen LogP contribution in [-0.4, -0.2) is 47.9 Å². The molecule has 10 heteroatoms. The maximum Gasteiger partial charge on any atom is 0.360 e. The van der Waals surface area contributed by atoms with Gasteiger partial charge in [-0.25, -0.2) is 17.9 Å². The first-order chi connectivity index (χ1) is 10.3. The zero-order valence-corrected chi connectivity index (χ0v) is 12.7. The molecule has 2 rings (SSSR count). The third-order valence-electron chi connectivity index (χ3n) is 2.71. The van der Waals surface area contributed by atoms with Gasteiger partial charge in [0.05, 0.1) is 19.9 Å². The van der Waals surface area contributed by atoms with Gasteiger partial charge >= 0.3 is 5.97 Å². The van der Waals surface area contributed by atoms with Crippen LogP contribution in [0.15, 0.2) is 24.3 Å². The van der Waals surface area contributed by atoms with Crippen molar-refractivity contribution in [2.45, 2.75) is 6.54 Å². The first-order valence-corrected chi connectivity index (χ1v) is 7.97. The van der Waals surface area contributed by atoms with Crippen molar-refractivity contribution in [3.63, 3.8) is 0 Å². The van der Waals surface area contributed by atoms with Crippen LogP contribution in [-0.2, 0) is 16.6 Å². The fourth-order valence-corrected chi connectivity index (χ4v) is 2.30. The molecule has 2 N–H and O–H groups in total. The van der Waals surface area contributed by atoms with E-state index in [-0.39, 0.29) is 12.4 Å². The number of ether oxygens (including phenoxy) is 1. The van der Waals surface area contributed by atoms with E-state index >= 15 is 0 Å². The van der Waals surface area contributed by atoms with Gasteiger partial charge in [0.1, 0.15) is 5.75 Å². The maximum absolute atomic E-state index is 11.4. The van der Waals surface area contributed by atoms with Gasteiger partial charge in [0, 0.05) is 0 Å². The quantitative estimate of drug-likeness (QED) is 0.787. The molecule has 118 valence electrons. The SMILES string of the molecule is COc1ccc(Cn2nnc(C(=O)O)c2NS(C)(=O)=O)cc1. The fourth-order valence-electron chi connectivity index (χ4n) is 1.75. The number of sulfonamides is 1. The van der Waals surface area contributed by atoms with Crippen LogP contribution in [0.3, 0.4) is 0 Å². The monoisotopic (exact) mass is 326 g/mol. The van der Waals surface area contributed by atoms with E-state index in [0.717, 1.165) is 11.8 Å². The number of hydrogen-bond acceptors (Lipinski definition) is 6. The normalized spacial score (nSPS) is 11.2. The van der Waals surface area contributed by atoms with Crippen LogP contribution >= 0.6 is 0 Å². The number of methoxy groups -OCH3 is 1. The van der Waals surface area contributed by atoms with Gasteiger partial charge < -0.3 is 9.84 Å². The summed E-state index contributed by atoms with van der Waals surface area (Å²) in [6, 6.07) is 6.97. The van der Waals surface area contributed by atoms with E-state index in [9.17, 15) is 13.2 Å². The number of carbonyl (C=O) groups is 1. The Morgan fingerprint density at radius 2 is 2.00 bits per heavy atom. The zero-order chi connectivity index (χ0) is 16.3. The molecule has 1 aromatic carbocycles. The summed E-state index contributed by atoms with van der Waals surface area (Å²) in [5.41, 5.74) is 0.318. The predicted octanol–water partition coefficient (Wildman–Crippen LogP) is 0.405. The molecule has 1 heterocycles. The number of hydrogen-bond donors (Lipinski definition) is 2. The average Bonchev–Trinajstić information content (AvgIpc) is 2.81. The predicted molar refractivity (Wildman–Crippen MR) is 77.5 cm³/mol. The molecule has 0 aliphatic carbocycles. The molecule has 0 bridgehead atoms. The van der Waals surface area contributed by atoms with Crippen molar-refractivity contribution in [1.82, 2.24) is 15.0 Å². The molecular weight excluding hydrogens is 312 g/mol. The molecule has 0 aliphatic rings. The smallest absolute Gasteiger partial charge is 0.360 e. The van der Waals surface area contributed by atoms with Crippen LogP contribution in [0.25, 0.3) is 0 Å². The summed E-state index contributed by atoms with van der Waals surface area (Å²) < 4.78 is 31.1. The highest BCUT2D eigenvalue weighted by atomic mass is 32.2. The molecule has 22 heavy (non-hydrogen) atoms. The number of aromatic nitrogens is 3. The Morgan fingerprint density at radius 3 is 2.50 bits per heavy atom. The van der Waals surface area contributed by atoms with Crippen molar-refractivity contribution in [2.24, 2.45) is 0 Å². The van der Waals surface area contributed by atoms with Crippen molar-refractivity contribution < 1.29 is 23.1 Å². The van der Waals surface area contributed by atoms with Crippen LogP contribution in [0.1, 0.15) is 16.1 Å². The topological polar surface area (TPSA) is 123 Å². The van der Waals surface area contributed by atoms with Crippen LogP contribution in [0.4, 0.5) is 5.82 Å². The number of carboxylic acids is 1. The Hall–Kier alpha value is -2.62. The first kappa shape index (κ1) is 15.8. The maximum atomic E-state index is 11.4. The summed E-state index contributed by atoms with van der Waals surface area (Å²) in [6.45, 7) is 0.155. The van der Waals surface area contributed by atoms with E-state index in [2.05, 4.69) is 15.0 Å². The lowest BCUT2D eigenvalue weighted by Crippen LogP contribution is -2.17. The summed E-state index contributed by atoms with van der Waals surface area (Å²) in [5.74, 6) is -0.888. The molecule has 0 saturated carbocycles. The van der Waals surface area contributed by atoms with Crippen LogP contribution in [0.5, 0.6) is 5.75 Å². The number of aromatic carboxylic acids is 1. The van der Waals surface area contributed by atoms with E-state index < -0.39 is 21.7 Å². The highest BCUT2D eigenvalue weighted by molar-refractivity contribution is 7.92. The van der Waals surface area contributed by atoms with Crippen molar-refractivity contribution in [2.75, 3.05) is 18.1 Å². The van der Waals surface area contributed by atoms with Gasteiger partial charge in [-0.2, -0.15) is 0 Å². The highest BCUT2D eigenvalue weighted by Crippen LogP contribution is 2.17. The molecule has 0 aliphatic heterocycles. The van der Waals surface area contributed by atoms with Gasteiger partial charge in [0.25, 0.3) is 0 Å². The van der Waals surface area contributed by atoms with Gasteiger partial charge in [0.15, 0.2) is 5.82 Å². The van der Waals surface area contributed by atoms with Crippen LogP contribution in [0.2, 0.25) is 0 Å². The van der Waals surface area contributed by atoms with E-state index in [4.69, 9.17) is 9.84 Å². The number of anilines is 1. The lowest BCUT2D eigenvalue weighted by Gasteiger charge is -2.08. The second-order valence-electron chi connectivity index (χ2n) is 4.47. The Kier molecular flexibility index (Phi) is 4.31. The summed E-state index contributed by atoms with van der Waals surface area (Å²) in [7, 11) is -2.12. The second-order valence-corrected chi connectivity index (χ2v) is 6.22. The summed E-state index contributed by atoms with van der Waals surface area (Å²) >= 11 is 0. The molecule has 0 saturated heterocycles. The first-order valence-electron chi connectivity index (χ1n) is 6.07. The Bertz CT molecular complexity index is 782. The van der Waals surface area contributed by atoms with Gasteiger partial charge in [-0.05, 0) is 17.7 Å². The summed E-state index contributed by atoms with van der Waals surface area (Å²) in [4.78, 5) is 11.1. The molecule has 1 aromatic heterocycles. The van der Waals surface area contributed by atoms with Crippen molar-refractivity contribution in [1.29, 1.82) is 0 Å². The number of rotatable bonds is 6. The summed E-state index contributed by atoms with van der Waals surface area (Å²) in [6.07, 6.45) is 0.920. The molecule has 0 fully saturated rings. The third-order valence-corrected chi connectivity index (χ3v) is 3.28. The molecule has 0 atom stereocenters. The Balaban J connectivity index is 2.35. The standard InChI is InChI=1S/C12H14N4O5S/c1-21-9-5-3-8(4-6-9)7-16-11(14-22(2,19)20)10(12(17)18)13-15-16/h3-6,14H,7H2,1-2H3,(H,17,18). The fraction of sp³-hybridized carbons (Fsp3) is 0.250. The third kappa shape index (κ3) is 3.73. The second kappa shape index (κ2) is 6.02. The van der Waals surface area contributed by atoms with Crippen LogP contribution < -0.4 is 9.46 Å². The minimum atomic E-state index is -3.66. The van der Waals surface area contributed by atoms with E-state index in [1.807, 2.05) is 0 Å². The molecule has 0 radical (unpaired) electrons. The molecule has 0 unspecified atom stereocenters. The Morgan fingerprint density at radius 1 is 1.36 bits per heavy atom. The zero-order valence-electron chi connectivity index (χ0n) is 11.8. The molecule has 2 aromatic rings. The minimum Gasteiger partial charge on any atom is -0.497 e. The molecule has 0 spiro atoms. The van der Waals surface area contributed by atoms with E-state index in [0.29, 0.717) is 5.75 Å². The number of nitrogens with one attached hydrogen (secondary N) is 1. The van der Waals surface area contributed by atoms with Crippen molar-refractivity contribution in [3.05, 3.63) is 35.5 Å². The number of benzene rings is 1. The van der Waals surface area contributed by atoms with E-state index in [1.165, 1.54) is 4.68 Å². The molecular formula is C12H14N4O5S. The highest BCUT2D eigenvalue weighted by Gasteiger charge is 2.21. The largest absolute Gasteiger partial charge is 0.497 e. The lowest BCUT2D eigenvalue weighted by atomic mass is 10.2. The van der Waals surface area contributed by atoms with Gasteiger partial charge in [-0.1, -0.05) is 17.3 Å².